The van der Waals surface area contributed by atoms with E-state index < -0.39 is 4.92 Å². The summed E-state index contributed by atoms with van der Waals surface area (Å²) in [4.78, 5) is 10.6. The van der Waals surface area contributed by atoms with Crippen LogP contribution in [0.4, 0.5) is 11.4 Å². The third-order valence-corrected chi connectivity index (χ3v) is 2.81. The number of hydrogen-bond acceptors (Lipinski definition) is 4. The summed E-state index contributed by atoms with van der Waals surface area (Å²) in [5.41, 5.74) is 1.40. The van der Waals surface area contributed by atoms with Crippen molar-refractivity contribution in [3.63, 3.8) is 0 Å². The van der Waals surface area contributed by atoms with Crippen LogP contribution in [0.25, 0.3) is 0 Å². The zero-order chi connectivity index (χ0) is 13.8. The van der Waals surface area contributed by atoms with Crippen molar-refractivity contribution >= 4 is 23.0 Å². The van der Waals surface area contributed by atoms with Crippen molar-refractivity contribution in [2.24, 2.45) is 0 Å². The largest absolute Gasteiger partial charge is 0.379 e. The third-order valence-electron chi connectivity index (χ3n) is 2.61. The molecular formula is C12H13ClN4O2. The van der Waals surface area contributed by atoms with Gasteiger partial charge in [0.05, 0.1) is 22.7 Å². The maximum atomic E-state index is 11.0. The molecule has 1 heterocycles. The van der Waals surface area contributed by atoms with Crippen molar-refractivity contribution in [1.82, 2.24) is 9.78 Å². The molecule has 1 N–H and O–H groups in total. The van der Waals surface area contributed by atoms with Crippen LogP contribution in [0.2, 0.25) is 5.02 Å². The number of nitro groups is 1. The first-order valence-corrected chi connectivity index (χ1v) is 6.17. The lowest BCUT2D eigenvalue weighted by Crippen LogP contribution is -2.08. The van der Waals surface area contributed by atoms with E-state index in [1.807, 2.05) is 13.0 Å². The van der Waals surface area contributed by atoms with Gasteiger partial charge in [0.2, 0.25) is 0 Å². The lowest BCUT2D eigenvalue weighted by Gasteiger charge is -2.11. The number of nitrogens with zero attached hydrogens (tertiary/aromatic N) is 3. The van der Waals surface area contributed by atoms with Crippen molar-refractivity contribution < 1.29 is 4.92 Å². The monoisotopic (exact) mass is 280 g/mol. The second-order valence-corrected chi connectivity index (χ2v) is 4.39. The first kappa shape index (κ1) is 13.4. The first-order chi connectivity index (χ1) is 9.11. The van der Waals surface area contributed by atoms with Gasteiger partial charge in [-0.1, -0.05) is 23.7 Å². The summed E-state index contributed by atoms with van der Waals surface area (Å²) in [7, 11) is 0. The van der Waals surface area contributed by atoms with Crippen LogP contribution in [0.15, 0.2) is 30.6 Å². The Labute approximate surface area is 115 Å². The Morgan fingerprint density at radius 1 is 1.53 bits per heavy atom. The summed E-state index contributed by atoms with van der Waals surface area (Å²) in [6, 6.07) is 4.98. The van der Waals surface area contributed by atoms with Crippen molar-refractivity contribution in [3.8, 4) is 0 Å². The minimum absolute atomic E-state index is 0.0672. The summed E-state index contributed by atoms with van der Waals surface area (Å²) in [6.45, 7) is 2.93. The van der Waals surface area contributed by atoms with Gasteiger partial charge >= 0.3 is 0 Å². The Balaban J connectivity index is 2.38. The summed E-state index contributed by atoms with van der Waals surface area (Å²) >= 11 is 5.80. The number of hydrogen-bond donors (Lipinski definition) is 1. The van der Waals surface area contributed by atoms with Gasteiger partial charge in [0.1, 0.15) is 5.69 Å². The minimum Gasteiger partial charge on any atom is -0.379 e. The average molecular weight is 281 g/mol. The molecule has 0 bridgehead atoms. The van der Waals surface area contributed by atoms with E-state index in [4.69, 9.17) is 11.6 Å². The fraction of sp³-hybridized carbons (Fsp3) is 0.250. The first-order valence-electron chi connectivity index (χ1n) is 5.80. The Morgan fingerprint density at radius 2 is 2.32 bits per heavy atom. The molecule has 0 aliphatic heterocycles. The Bertz CT molecular complexity index is 597. The van der Waals surface area contributed by atoms with E-state index in [0.29, 0.717) is 23.8 Å². The number of benzene rings is 1. The van der Waals surface area contributed by atoms with Crippen LogP contribution in [0.5, 0.6) is 0 Å². The molecule has 0 amide bonds. The lowest BCUT2D eigenvalue weighted by molar-refractivity contribution is -0.384. The number of nitrogens with one attached hydrogen (secondary N) is 1. The van der Waals surface area contributed by atoms with E-state index in [1.165, 1.54) is 12.3 Å². The Morgan fingerprint density at radius 3 is 2.89 bits per heavy atom. The van der Waals surface area contributed by atoms with Crippen LogP contribution in [0.1, 0.15) is 12.5 Å². The maximum absolute atomic E-state index is 11.0. The Kier molecular flexibility index (Phi) is 4.01. The van der Waals surface area contributed by atoms with Gasteiger partial charge in [-0.05, 0) is 6.92 Å². The highest BCUT2D eigenvalue weighted by molar-refractivity contribution is 6.30. The van der Waals surface area contributed by atoms with Crippen LogP contribution < -0.4 is 5.32 Å². The van der Waals surface area contributed by atoms with Crippen molar-refractivity contribution in [1.29, 1.82) is 0 Å². The van der Waals surface area contributed by atoms with Gasteiger partial charge in [-0.25, -0.2) is 0 Å². The fourth-order valence-electron chi connectivity index (χ4n) is 1.85. The number of anilines is 1. The second kappa shape index (κ2) is 5.71. The van der Waals surface area contributed by atoms with Gasteiger partial charge in [0, 0.05) is 24.4 Å². The van der Waals surface area contributed by atoms with Gasteiger partial charge in [-0.3, -0.25) is 14.8 Å². The highest BCUT2D eigenvalue weighted by Gasteiger charge is 2.17. The Hall–Kier alpha value is -2.08. The minimum atomic E-state index is -0.391. The molecule has 0 atom stereocenters. The molecule has 0 saturated carbocycles. The lowest BCUT2D eigenvalue weighted by atomic mass is 10.1. The molecule has 100 valence electrons. The molecule has 1 aromatic heterocycles. The van der Waals surface area contributed by atoms with E-state index in [9.17, 15) is 10.1 Å². The molecule has 6 nitrogen and oxygen atoms in total. The van der Waals surface area contributed by atoms with Crippen molar-refractivity contribution in [2.45, 2.75) is 13.5 Å². The molecule has 2 aromatic rings. The SMILES string of the molecule is CCNc1c(Cn2cc(Cl)cn2)cccc1[N+](=O)[O-]. The molecule has 0 fully saturated rings. The third kappa shape index (κ3) is 3.03. The predicted molar refractivity (Wildman–Crippen MR) is 73.6 cm³/mol. The number of rotatable bonds is 5. The van der Waals surface area contributed by atoms with E-state index >= 15 is 0 Å². The summed E-state index contributed by atoms with van der Waals surface area (Å²) in [5, 5.41) is 18.7. The van der Waals surface area contributed by atoms with Crippen molar-refractivity contribution in [3.05, 3.63) is 51.3 Å². The highest BCUT2D eigenvalue weighted by atomic mass is 35.5. The average Bonchev–Trinajstić information content (AvgIpc) is 2.77. The summed E-state index contributed by atoms with van der Waals surface area (Å²) in [5.74, 6) is 0. The second-order valence-electron chi connectivity index (χ2n) is 3.95. The molecular weight excluding hydrogens is 268 g/mol. The summed E-state index contributed by atoms with van der Waals surface area (Å²) < 4.78 is 1.64. The van der Waals surface area contributed by atoms with Crippen LogP contribution in [0.3, 0.4) is 0 Å². The molecule has 0 unspecified atom stereocenters. The number of nitro benzene ring substituents is 1. The zero-order valence-electron chi connectivity index (χ0n) is 10.3. The van der Waals surface area contributed by atoms with E-state index in [2.05, 4.69) is 10.4 Å². The predicted octanol–water partition coefficient (Wildman–Crippen LogP) is 2.92. The molecule has 0 spiro atoms. The molecule has 1 aromatic carbocycles. The standard InChI is InChI=1S/C12H13ClN4O2/c1-2-14-12-9(4-3-5-11(12)17(18)19)7-16-8-10(13)6-15-16/h3-6,8,14H,2,7H2,1H3. The van der Waals surface area contributed by atoms with Gasteiger partial charge in [-0.15, -0.1) is 0 Å². The smallest absolute Gasteiger partial charge is 0.292 e. The van der Waals surface area contributed by atoms with E-state index in [0.717, 1.165) is 5.56 Å². The maximum Gasteiger partial charge on any atom is 0.292 e. The molecule has 0 radical (unpaired) electrons. The van der Waals surface area contributed by atoms with Crippen molar-refractivity contribution in [2.75, 3.05) is 11.9 Å². The van der Waals surface area contributed by atoms with E-state index in [-0.39, 0.29) is 5.69 Å². The number of para-hydroxylation sites is 1. The van der Waals surface area contributed by atoms with E-state index in [1.54, 1.807) is 16.9 Å². The number of aromatic nitrogens is 2. The molecule has 19 heavy (non-hydrogen) atoms. The van der Waals surface area contributed by atoms with Crippen LogP contribution in [-0.4, -0.2) is 21.2 Å². The molecule has 0 saturated heterocycles. The summed E-state index contributed by atoms with van der Waals surface area (Å²) in [6.07, 6.45) is 3.21. The number of halogens is 1. The van der Waals surface area contributed by atoms with Crippen LogP contribution >= 0.6 is 11.6 Å². The molecule has 7 heteroatoms. The van der Waals surface area contributed by atoms with Gasteiger partial charge in [0.25, 0.3) is 5.69 Å². The van der Waals surface area contributed by atoms with Gasteiger partial charge < -0.3 is 5.32 Å². The quantitative estimate of drug-likeness (QED) is 0.675. The fourth-order valence-corrected chi connectivity index (χ4v) is 2.01. The topological polar surface area (TPSA) is 73.0 Å². The highest BCUT2D eigenvalue weighted by Crippen LogP contribution is 2.28. The van der Waals surface area contributed by atoms with Crippen LogP contribution in [-0.2, 0) is 6.54 Å². The van der Waals surface area contributed by atoms with Crippen LogP contribution in [0, 0.1) is 10.1 Å². The molecule has 0 aliphatic carbocycles. The van der Waals surface area contributed by atoms with Gasteiger partial charge in [-0.2, -0.15) is 5.10 Å². The molecule has 0 aliphatic rings. The zero-order valence-corrected chi connectivity index (χ0v) is 11.1. The van der Waals surface area contributed by atoms with Gasteiger partial charge in [0.15, 0.2) is 0 Å². The molecule has 2 rings (SSSR count). The normalized spacial score (nSPS) is 10.4.